The number of rotatable bonds is 0. The lowest BCUT2D eigenvalue weighted by Crippen LogP contribution is -2.07. The van der Waals surface area contributed by atoms with E-state index in [9.17, 15) is 0 Å². The van der Waals surface area contributed by atoms with Gasteiger partial charge in [-0.1, -0.05) is 36.5 Å². The fraction of sp³-hybridized carbons (Fsp3) is 0.143. The van der Waals surface area contributed by atoms with Gasteiger partial charge in [-0.2, -0.15) is 0 Å². The molecular weight excluding hydrogens is 672 g/mol. The van der Waals surface area contributed by atoms with Crippen LogP contribution in [0.4, 0.5) is 0 Å². The average molecular weight is 710 g/mol. The minimum absolute atomic E-state index is 1.08. The fourth-order valence-corrected chi connectivity index (χ4v) is 0.521. The normalized spacial score (nSPS) is 8.30. The van der Waals surface area contributed by atoms with E-state index in [0.717, 1.165) is 6.42 Å². The third kappa shape index (κ3) is 2530. The smallest absolute Gasteiger partial charge is 0.402 e. The van der Waals surface area contributed by atoms with Gasteiger partial charge < -0.3 is 151 Å². The summed E-state index contributed by atoms with van der Waals surface area (Å²) in [5.74, 6) is 0. The van der Waals surface area contributed by atoms with E-state index < -0.39 is 73.2 Å². The van der Waals surface area contributed by atoms with E-state index in [-0.39, 0.29) is 0 Å². The number of hydrogen-bond acceptors (Lipinski definition) is 30. The molecule has 1 aliphatic carbocycles. The van der Waals surface area contributed by atoms with Crippen LogP contribution in [0.3, 0.4) is 0 Å². The Morgan fingerprint density at radius 2 is 0.277 bits per heavy atom. The molecule has 0 saturated carbocycles. The topological polar surface area (TPSA) is 607 Å². The predicted molar refractivity (Wildman–Crippen MR) is 156 cm³/mol. The van der Waals surface area contributed by atoms with Crippen molar-refractivity contribution in [2.75, 3.05) is 0 Å². The molecular formula is C7H38B10O30. The number of allylic oxidation sites excluding steroid dienone is 6. The number of hydrogen-bond donors (Lipinski definition) is 30. The van der Waals surface area contributed by atoms with Crippen molar-refractivity contribution in [3.63, 3.8) is 0 Å². The molecule has 0 radical (unpaired) electrons. The lowest BCUT2D eigenvalue weighted by atomic mass is 10.3. The van der Waals surface area contributed by atoms with Crippen LogP contribution in [-0.4, -0.2) is 224 Å². The van der Waals surface area contributed by atoms with Crippen molar-refractivity contribution in [2.24, 2.45) is 0 Å². The molecule has 0 aliphatic heterocycles. The van der Waals surface area contributed by atoms with E-state index >= 15 is 0 Å². The van der Waals surface area contributed by atoms with E-state index in [2.05, 4.69) is 24.3 Å². The van der Waals surface area contributed by atoms with Gasteiger partial charge in [0.05, 0.1) is 0 Å². The van der Waals surface area contributed by atoms with Crippen molar-refractivity contribution in [1.82, 2.24) is 0 Å². The van der Waals surface area contributed by atoms with Gasteiger partial charge in [0.25, 0.3) is 0 Å². The Labute approximate surface area is 267 Å². The minimum atomic E-state index is -2.17. The molecule has 0 fully saturated rings. The minimum Gasteiger partial charge on any atom is -0.402 e. The predicted octanol–water partition coefficient (Wildman–Crippen LogP) is -18.5. The molecule has 1 aliphatic rings. The molecule has 276 valence electrons. The highest BCUT2D eigenvalue weighted by molar-refractivity contribution is 6.32. The molecule has 0 heterocycles. The highest BCUT2D eigenvalue weighted by Gasteiger charge is 1.95. The summed E-state index contributed by atoms with van der Waals surface area (Å²) in [6.07, 6.45) is 13.5. The summed E-state index contributed by atoms with van der Waals surface area (Å²) < 4.78 is 0. The van der Waals surface area contributed by atoms with Crippen LogP contribution >= 0.6 is 0 Å². The molecule has 1 rings (SSSR count). The van der Waals surface area contributed by atoms with E-state index in [1.54, 1.807) is 0 Å². The van der Waals surface area contributed by atoms with Crippen LogP contribution in [0, 0.1) is 0 Å². The average Bonchev–Trinajstić information content (AvgIpc) is 3.02. The highest BCUT2D eigenvalue weighted by Crippen LogP contribution is 1.92. The molecule has 30 N–H and O–H groups in total. The summed E-state index contributed by atoms with van der Waals surface area (Å²) in [4.78, 5) is 0. The van der Waals surface area contributed by atoms with Crippen molar-refractivity contribution < 1.29 is 151 Å². The summed E-state index contributed by atoms with van der Waals surface area (Å²) >= 11 is 0. The van der Waals surface area contributed by atoms with Crippen molar-refractivity contribution in [3.05, 3.63) is 36.5 Å². The quantitative estimate of drug-likeness (QED) is 0.104. The molecule has 0 aromatic rings. The summed E-state index contributed by atoms with van der Waals surface area (Å²) in [6, 6.07) is 0. The van der Waals surface area contributed by atoms with E-state index in [1.807, 2.05) is 12.2 Å². The summed E-state index contributed by atoms with van der Waals surface area (Å²) in [7, 11) is -21.7. The molecule has 0 aromatic heterocycles. The second kappa shape index (κ2) is 67.0. The van der Waals surface area contributed by atoms with Gasteiger partial charge in [-0.3, -0.25) is 0 Å². The molecule has 0 saturated heterocycles. The summed E-state index contributed by atoms with van der Waals surface area (Å²) in [5.41, 5.74) is 0. The maximum Gasteiger partial charge on any atom is 0.631 e. The van der Waals surface area contributed by atoms with Crippen LogP contribution in [0.15, 0.2) is 36.5 Å². The van der Waals surface area contributed by atoms with Gasteiger partial charge in [0.2, 0.25) is 0 Å². The van der Waals surface area contributed by atoms with Crippen LogP contribution in [-0.2, 0) is 0 Å². The van der Waals surface area contributed by atoms with Gasteiger partial charge in [-0.25, -0.2) is 0 Å². The Hall–Kier alpha value is -1.33. The van der Waals surface area contributed by atoms with E-state index in [1.165, 1.54) is 0 Å². The first kappa shape index (κ1) is 71.6. The Kier molecular flexibility index (Phi) is 102. The van der Waals surface area contributed by atoms with Gasteiger partial charge >= 0.3 is 73.2 Å². The van der Waals surface area contributed by atoms with Crippen LogP contribution < -0.4 is 0 Å². The van der Waals surface area contributed by atoms with Crippen molar-refractivity contribution in [3.8, 4) is 0 Å². The zero-order valence-corrected chi connectivity index (χ0v) is 23.4. The Balaban J connectivity index is -0.0000000404. The van der Waals surface area contributed by atoms with E-state index in [4.69, 9.17) is 151 Å². The fourth-order valence-electron chi connectivity index (χ4n) is 0.521. The Bertz CT molecular complexity index is 396. The first-order valence-electron chi connectivity index (χ1n) is 10.2. The van der Waals surface area contributed by atoms with Gasteiger partial charge in [-0.05, 0) is 6.42 Å². The molecule has 0 bridgehead atoms. The first-order valence-corrected chi connectivity index (χ1v) is 10.2. The van der Waals surface area contributed by atoms with Crippen LogP contribution in [0.1, 0.15) is 6.42 Å². The molecule has 0 aromatic carbocycles. The van der Waals surface area contributed by atoms with Crippen LogP contribution in [0.5, 0.6) is 0 Å². The monoisotopic (exact) mass is 712 g/mol. The molecule has 0 spiro atoms. The molecule has 47 heavy (non-hydrogen) atoms. The zero-order chi connectivity index (χ0) is 40.7. The second-order valence-corrected chi connectivity index (χ2v) is 4.94. The van der Waals surface area contributed by atoms with E-state index in [0.29, 0.717) is 0 Å². The maximum absolute atomic E-state index is 7.17. The molecule has 30 nitrogen and oxygen atoms in total. The van der Waals surface area contributed by atoms with Gasteiger partial charge in [-0.15, -0.1) is 0 Å². The standard InChI is InChI=1S/C7H8.10BH3O3/c1-2-4-6-7-5-3-1;10*2-1(3)4/h1-6H,7H2;10*2-4H. The van der Waals surface area contributed by atoms with Gasteiger partial charge in [0.1, 0.15) is 0 Å². The van der Waals surface area contributed by atoms with Crippen LogP contribution in [0.25, 0.3) is 0 Å². The maximum atomic E-state index is 7.17. The SMILES string of the molecule is C1=CC=CCC=C1.OB(O)O.OB(O)O.OB(O)O.OB(O)O.OB(O)O.OB(O)O.OB(O)O.OB(O)O.OB(O)O.OB(O)O. The molecule has 0 unspecified atom stereocenters. The van der Waals surface area contributed by atoms with Crippen molar-refractivity contribution in [2.45, 2.75) is 6.42 Å². The largest absolute Gasteiger partial charge is 0.631 e. The second-order valence-electron chi connectivity index (χ2n) is 4.94. The third-order valence-electron chi connectivity index (χ3n) is 0.878. The summed E-state index contributed by atoms with van der Waals surface area (Å²) in [6.45, 7) is 0. The van der Waals surface area contributed by atoms with Crippen molar-refractivity contribution >= 4 is 73.2 Å². The molecule has 0 amide bonds. The Morgan fingerprint density at radius 3 is 0.362 bits per heavy atom. The van der Waals surface area contributed by atoms with Crippen molar-refractivity contribution in [1.29, 1.82) is 0 Å². The molecule has 40 heteroatoms. The lowest BCUT2D eigenvalue weighted by molar-refractivity contribution is 0.276. The molecule has 0 atom stereocenters. The summed E-state index contributed by atoms with van der Waals surface area (Å²) in [5, 5.41) is 215. The highest BCUT2D eigenvalue weighted by atomic mass is 16.6. The van der Waals surface area contributed by atoms with Gasteiger partial charge in [0.15, 0.2) is 0 Å². The zero-order valence-electron chi connectivity index (χ0n) is 23.4. The van der Waals surface area contributed by atoms with Crippen LogP contribution in [0.2, 0.25) is 0 Å². The van der Waals surface area contributed by atoms with Gasteiger partial charge in [0, 0.05) is 0 Å². The Morgan fingerprint density at radius 1 is 0.191 bits per heavy atom. The first-order chi connectivity index (χ1) is 20.8. The lowest BCUT2D eigenvalue weighted by Gasteiger charge is -1.69. The third-order valence-corrected chi connectivity index (χ3v) is 0.878.